The van der Waals surface area contributed by atoms with Gasteiger partial charge in [0.05, 0.1) is 5.66 Å². The molecule has 1 aliphatic rings. The average molecular weight is 185 g/mol. The lowest BCUT2D eigenvalue weighted by molar-refractivity contribution is 0.0322. The monoisotopic (exact) mass is 185 g/mol. The van der Waals surface area contributed by atoms with Gasteiger partial charge in [0, 0.05) is 18.1 Å². The number of nitrogens with two attached hydrogens (primary N) is 2. The molecule has 1 saturated heterocycles. The molecule has 0 aromatic rings. The quantitative estimate of drug-likeness (QED) is 0.596. The van der Waals surface area contributed by atoms with Gasteiger partial charge in [0.25, 0.3) is 0 Å². The van der Waals surface area contributed by atoms with Crippen LogP contribution in [0.4, 0.5) is 0 Å². The molecule has 0 amide bonds. The molecule has 3 heteroatoms. The Kier molecular flexibility index (Phi) is 3.00. The predicted molar refractivity (Wildman–Crippen MR) is 56.2 cm³/mol. The van der Waals surface area contributed by atoms with E-state index in [2.05, 4.69) is 32.6 Å². The van der Waals surface area contributed by atoms with E-state index in [-0.39, 0.29) is 0 Å². The third kappa shape index (κ3) is 2.42. The van der Waals surface area contributed by atoms with Crippen molar-refractivity contribution in [1.29, 1.82) is 0 Å². The highest BCUT2D eigenvalue weighted by atomic mass is 15.2. The van der Waals surface area contributed by atoms with Gasteiger partial charge >= 0.3 is 0 Å². The normalized spacial score (nSPS) is 35.3. The molecule has 0 radical (unpaired) electrons. The van der Waals surface area contributed by atoms with Gasteiger partial charge in [-0.3, -0.25) is 4.90 Å². The minimum atomic E-state index is -0.454. The van der Waals surface area contributed by atoms with Crippen molar-refractivity contribution in [2.75, 3.05) is 0 Å². The van der Waals surface area contributed by atoms with Crippen molar-refractivity contribution in [3.05, 3.63) is 0 Å². The maximum atomic E-state index is 5.97. The first-order valence-corrected chi connectivity index (χ1v) is 5.18. The highest BCUT2D eigenvalue weighted by Gasteiger charge is 2.37. The summed E-state index contributed by atoms with van der Waals surface area (Å²) in [6, 6.07) is 1.58. The summed E-state index contributed by atoms with van der Waals surface area (Å²) in [5.41, 5.74) is 11.5. The first-order valence-electron chi connectivity index (χ1n) is 5.18. The summed E-state index contributed by atoms with van der Waals surface area (Å²) in [7, 11) is 0. The zero-order valence-electron chi connectivity index (χ0n) is 9.25. The van der Waals surface area contributed by atoms with Gasteiger partial charge in [-0.1, -0.05) is 0 Å². The van der Waals surface area contributed by atoms with Crippen LogP contribution in [0.1, 0.15) is 40.5 Å². The summed E-state index contributed by atoms with van der Waals surface area (Å²) in [6.45, 7) is 8.88. The van der Waals surface area contributed by atoms with E-state index in [1.165, 1.54) is 0 Å². The highest BCUT2D eigenvalue weighted by molar-refractivity contribution is 4.94. The second-order valence-electron chi connectivity index (χ2n) is 4.88. The molecule has 0 spiro atoms. The standard InChI is InChI=1S/C10H23N3/c1-7(2)13-8(3)5-10(11,12)6-9(13)4/h7-9H,5-6,11-12H2,1-4H3. The Labute approximate surface area is 81.5 Å². The Balaban J connectivity index is 2.70. The van der Waals surface area contributed by atoms with Crippen LogP contribution < -0.4 is 11.5 Å². The molecule has 1 fully saturated rings. The first kappa shape index (κ1) is 11.0. The van der Waals surface area contributed by atoms with Crippen molar-refractivity contribution < 1.29 is 0 Å². The number of piperidine rings is 1. The van der Waals surface area contributed by atoms with Crippen LogP contribution in [0.5, 0.6) is 0 Å². The molecule has 0 aliphatic carbocycles. The van der Waals surface area contributed by atoms with Crippen molar-refractivity contribution in [3.8, 4) is 0 Å². The molecule has 2 atom stereocenters. The second kappa shape index (κ2) is 3.56. The van der Waals surface area contributed by atoms with E-state index in [9.17, 15) is 0 Å². The number of nitrogens with zero attached hydrogens (tertiary/aromatic N) is 1. The van der Waals surface area contributed by atoms with Gasteiger partial charge in [0.1, 0.15) is 0 Å². The SMILES string of the molecule is CC(C)N1C(C)CC(N)(N)CC1C. The summed E-state index contributed by atoms with van der Waals surface area (Å²) >= 11 is 0. The molecule has 4 N–H and O–H groups in total. The van der Waals surface area contributed by atoms with Crippen LogP contribution in [-0.4, -0.2) is 28.7 Å². The minimum Gasteiger partial charge on any atom is -0.313 e. The van der Waals surface area contributed by atoms with Crippen LogP contribution in [0.3, 0.4) is 0 Å². The van der Waals surface area contributed by atoms with Crippen molar-refractivity contribution in [2.45, 2.75) is 64.3 Å². The molecule has 1 heterocycles. The van der Waals surface area contributed by atoms with Gasteiger partial charge < -0.3 is 11.5 Å². The van der Waals surface area contributed by atoms with Crippen molar-refractivity contribution in [1.82, 2.24) is 4.90 Å². The lowest BCUT2D eigenvalue weighted by Gasteiger charge is -2.48. The summed E-state index contributed by atoms with van der Waals surface area (Å²) in [5.74, 6) is 0. The molecule has 78 valence electrons. The Bertz CT molecular complexity index is 163. The van der Waals surface area contributed by atoms with Gasteiger partial charge in [-0.15, -0.1) is 0 Å². The summed E-state index contributed by atoms with van der Waals surface area (Å²) in [6.07, 6.45) is 1.80. The third-order valence-corrected chi connectivity index (χ3v) is 2.97. The van der Waals surface area contributed by atoms with E-state index < -0.39 is 5.66 Å². The predicted octanol–water partition coefficient (Wildman–Crippen LogP) is 0.881. The summed E-state index contributed by atoms with van der Waals surface area (Å²) < 4.78 is 0. The van der Waals surface area contributed by atoms with Crippen LogP contribution in [0.15, 0.2) is 0 Å². The zero-order chi connectivity index (χ0) is 10.2. The fourth-order valence-corrected chi connectivity index (χ4v) is 2.85. The molecule has 1 rings (SSSR count). The fourth-order valence-electron chi connectivity index (χ4n) is 2.85. The molecule has 13 heavy (non-hydrogen) atoms. The second-order valence-corrected chi connectivity index (χ2v) is 4.88. The molecule has 0 aromatic carbocycles. The molecule has 0 saturated carbocycles. The van der Waals surface area contributed by atoms with Crippen LogP contribution in [0.2, 0.25) is 0 Å². The van der Waals surface area contributed by atoms with E-state index in [0.717, 1.165) is 12.8 Å². The van der Waals surface area contributed by atoms with Crippen molar-refractivity contribution >= 4 is 0 Å². The number of hydrogen-bond acceptors (Lipinski definition) is 3. The van der Waals surface area contributed by atoms with E-state index in [1.807, 2.05) is 0 Å². The molecule has 3 nitrogen and oxygen atoms in total. The number of hydrogen-bond donors (Lipinski definition) is 2. The Morgan fingerprint density at radius 3 is 1.85 bits per heavy atom. The number of likely N-dealkylation sites (tertiary alicyclic amines) is 1. The maximum absolute atomic E-state index is 5.97. The largest absolute Gasteiger partial charge is 0.313 e. The lowest BCUT2D eigenvalue weighted by atomic mass is 9.87. The third-order valence-electron chi connectivity index (χ3n) is 2.97. The molecule has 0 aromatic heterocycles. The molecule has 1 aliphatic heterocycles. The number of rotatable bonds is 1. The summed E-state index contributed by atoms with van der Waals surface area (Å²) in [4.78, 5) is 2.50. The van der Waals surface area contributed by atoms with Crippen LogP contribution in [0, 0.1) is 0 Å². The average Bonchev–Trinajstić information content (AvgIpc) is 1.78. The van der Waals surface area contributed by atoms with E-state index in [0.29, 0.717) is 18.1 Å². The Morgan fingerprint density at radius 2 is 1.54 bits per heavy atom. The highest BCUT2D eigenvalue weighted by Crippen LogP contribution is 2.27. The van der Waals surface area contributed by atoms with E-state index in [1.54, 1.807) is 0 Å². The molecular weight excluding hydrogens is 162 g/mol. The van der Waals surface area contributed by atoms with Crippen molar-refractivity contribution in [2.24, 2.45) is 11.5 Å². The lowest BCUT2D eigenvalue weighted by Crippen LogP contribution is -2.63. The van der Waals surface area contributed by atoms with Gasteiger partial charge in [0.2, 0.25) is 0 Å². The molecular formula is C10H23N3. The van der Waals surface area contributed by atoms with Gasteiger partial charge in [0.15, 0.2) is 0 Å². The fraction of sp³-hybridized carbons (Fsp3) is 1.00. The first-order chi connectivity index (χ1) is 5.83. The van der Waals surface area contributed by atoms with Crippen LogP contribution in [-0.2, 0) is 0 Å². The summed E-state index contributed by atoms with van der Waals surface area (Å²) in [5, 5.41) is 0. The topological polar surface area (TPSA) is 55.3 Å². The van der Waals surface area contributed by atoms with E-state index in [4.69, 9.17) is 11.5 Å². The van der Waals surface area contributed by atoms with Gasteiger partial charge in [-0.05, 0) is 40.5 Å². The minimum absolute atomic E-state index is 0.454. The molecule has 0 bridgehead atoms. The maximum Gasteiger partial charge on any atom is 0.0666 e. The van der Waals surface area contributed by atoms with Crippen molar-refractivity contribution in [3.63, 3.8) is 0 Å². The zero-order valence-corrected chi connectivity index (χ0v) is 9.25. The van der Waals surface area contributed by atoms with Crippen LogP contribution >= 0.6 is 0 Å². The van der Waals surface area contributed by atoms with Crippen LogP contribution in [0.25, 0.3) is 0 Å². The Morgan fingerprint density at radius 1 is 1.15 bits per heavy atom. The van der Waals surface area contributed by atoms with Gasteiger partial charge in [-0.2, -0.15) is 0 Å². The van der Waals surface area contributed by atoms with Gasteiger partial charge in [-0.25, -0.2) is 0 Å². The smallest absolute Gasteiger partial charge is 0.0666 e. The molecule has 2 unspecified atom stereocenters. The van der Waals surface area contributed by atoms with E-state index >= 15 is 0 Å². The Hall–Kier alpha value is -0.120.